The smallest absolute Gasteiger partial charge is 0.412 e. The van der Waals surface area contributed by atoms with E-state index in [9.17, 15) is 9.59 Å². The summed E-state index contributed by atoms with van der Waals surface area (Å²) >= 11 is 0. The van der Waals surface area contributed by atoms with Crippen molar-refractivity contribution >= 4 is 17.7 Å². The largest absolute Gasteiger partial charge is 0.483 e. The lowest BCUT2D eigenvalue weighted by Gasteiger charge is -2.24. The van der Waals surface area contributed by atoms with Crippen LogP contribution in [-0.4, -0.2) is 43.2 Å². The molecule has 0 aromatic heterocycles. The molecule has 0 bridgehead atoms. The van der Waals surface area contributed by atoms with Crippen LogP contribution in [0.2, 0.25) is 0 Å². The number of anilines is 1. The summed E-state index contributed by atoms with van der Waals surface area (Å²) in [7, 11) is 3.38. The maximum Gasteiger partial charge on any atom is 0.412 e. The molecule has 1 rings (SSSR count). The van der Waals surface area contributed by atoms with Crippen LogP contribution in [0.5, 0.6) is 5.75 Å². The molecule has 25 heavy (non-hydrogen) atoms. The highest BCUT2D eigenvalue weighted by atomic mass is 16.6. The first-order chi connectivity index (χ1) is 11.3. The molecular weight excluding hydrogens is 320 g/mol. The van der Waals surface area contributed by atoms with Crippen LogP contribution >= 0.6 is 0 Å². The number of carbonyl (C=O) groups is 2. The number of rotatable bonds is 4. The van der Waals surface area contributed by atoms with E-state index in [0.29, 0.717) is 5.75 Å². The Hall–Kier alpha value is -2.24. The van der Waals surface area contributed by atoms with Crippen molar-refractivity contribution in [1.82, 2.24) is 4.90 Å². The van der Waals surface area contributed by atoms with Crippen LogP contribution in [0.15, 0.2) is 0 Å². The van der Waals surface area contributed by atoms with Gasteiger partial charge in [0.2, 0.25) is 0 Å². The summed E-state index contributed by atoms with van der Waals surface area (Å²) in [5.74, 6) is 0.574. The fraction of sp³-hybridized carbons (Fsp3) is 0.579. The summed E-state index contributed by atoms with van der Waals surface area (Å²) in [5.41, 5.74) is 3.71. The minimum absolute atomic E-state index is 0.0214. The molecule has 1 aromatic rings. The fourth-order valence-corrected chi connectivity index (χ4v) is 2.35. The molecule has 0 saturated carbocycles. The van der Waals surface area contributed by atoms with Crippen molar-refractivity contribution in [3.8, 4) is 5.75 Å². The number of ether oxygens (including phenoxy) is 2. The number of hydrogen-bond donors (Lipinski definition) is 1. The SMILES string of the molecule is Cc1c(C)c(OCC(=O)N(C)C)c(C)c(C)c1NC(=O)OC(C)(C)C. The molecule has 6 nitrogen and oxygen atoms in total. The van der Waals surface area contributed by atoms with Gasteiger partial charge in [0.25, 0.3) is 5.91 Å². The number of nitrogens with one attached hydrogen (secondary N) is 1. The zero-order valence-electron chi connectivity index (χ0n) is 16.8. The number of carbonyl (C=O) groups excluding carboxylic acids is 2. The van der Waals surface area contributed by atoms with Gasteiger partial charge < -0.3 is 14.4 Å². The normalized spacial score (nSPS) is 11.1. The standard InChI is InChI=1S/C19H30N2O4/c1-11-13(3)17(24-10-15(22)21(8)9)14(4)12(2)16(11)20-18(23)25-19(5,6)7/h10H2,1-9H3,(H,20,23). The van der Waals surface area contributed by atoms with Gasteiger partial charge >= 0.3 is 6.09 Å². The van der Waals surface area contributed by atoms with E-state index in [4.69, 9.17) is 9.47 Å². The number of nitrogens with zero attached hydrogens (tertiary/aromatic N) is 1. The third-order valence-electron chi connectivity index (χ3n) is 4.02. The molecule has 0 aliphatic carbocycles. The van der Waals surface area contributed by atoms with Crippen LogP contribution < -0.4 is 10.1 Å². The van der Waals surface area contributed by atoms with E-state index in [1.807, 2.05) is 48.5 Å². The van der Waals surface area contributed by atoms with Gasteiger partial charge in [-0.2, -0.15) is 0 Å². The first-order valence-corrected chi connectivity index (χ1v) is 8.28. The number of likely N-dealkylation sites (N-methyl/N-ethyl adjacent to an activating group) is 1. The van der Waals surface area contributed by atoms with Gasteiger partial charge in [0.1, 0.15) is 11.4 Å². The highest BCUT2D eigenvalue weighted by molar-refractivity contribution is 5.88. The van der Waals surface area contributed by atoms with E-state index in [1.165, 1.54) is 4.90 Å². The molecule has 0 aliphatic rings. The van der Waals surface area contributed by atoms with E-state index in [2.05, 4.69) is 5.32 Å². The van der Waals surface area contributed by atoms with Gasteiger partial charge in [0.15, 0.2) is 6.61 Å². The first kappa shape index (κ1) is 20.8. The van der Waals surface area contributed by atoms with Gasteiger partial charge in [-0.3, -0.25) is 10.1 Å². The molecule has 1 aromatic carbocycles. The molecule has 0 unspecified atom stereocenters. The predicted molar refractivity (Wildman–Crippen MR) is 99.4 cm³/mol. The molecule has 0 radical (unpaired) electrons. The summed E-state index contributed by atoms with van der Waals surface area (Å²) in [5, 5.41) is 2.84. The second kappa shape index (κ2) is 7.76. The zero-order chi connectivity index (χ0) is 19.5. The third-order valence-corrected chi connectivity index (χ3v) is 4.02. The maximum atomic E-state index is 12.1. The van der Waals surface area contributed by atoms with Crippen molar-refractivity contribution in [2.45, 2.75) is 54.1 Å². The van der Waals surface area contributed by atoms with Crippen molar-refractivity contribution in [1.29, 1.82) is 0 Å². The molecular formula is C19H30N2O4. The number of amides is 2. The Balaban J connectivity index is 3.12. The molecule has 0 aliphatic heterocycles. The van der Waals surface area contributed by atoms with E-state index in [1.54, 1.807) is 14.1 Å². The van der Waals surface area contributed by atoms with Crippen molar-refractivity contribution < 1.29 is 19.1 Å². The predicted octanol–water partition coefficient (Wildman–Crippen LogP) is 3.73. The average molecular weight is 350 g/mol. The van der Waals surface area contributed by atoms with E-state index < -0.39 is 11.7 Å². The molecule has 0 saturated heterocycles. The highest BCUT2D eigenvalue weighted by Crippen LogP contribution is 2.36. The summed E-state index contributed by atoms with van der Waals surface area (Å²) in [6.45, 7) is 13.1. The number of benzene rings is 1. The average Bonchev–Trinajstić information content (AvgIpc) is 2.47. The van der Waals surface area contributed by atoms with E-state index >= 15 is 0 Å². The van der Waals surface area contributed by atoms with Crippen molar-refractivity contribution in [2.75, 3.05) is 26.0 Å². The Kier molecular flexibility index (Phi) is 6.46. The quantitative estimate of drug-likeness (QED) is 0.898. The zero-order valence-corrected chi connectivity index (χ0v) is 16.8. The Bertz CT molecular complexity index is 644. The minimum atomic E-state index is -0.564. The van der Waals surface area contributed by atoms with Crippen LogP contribution in [0.1, 0.15) is 43.0 Å². The topological polar surface area (TPSA) is 67.9 Å². The lowest BCUT2D eigenvalue weighted by atomic mass is 9.97. The van der Waals surface area contributed by atoms with Crippen molar-refractivity contribution in [3.63, 3.8) is 0 Å². The van der Waals surface area contributed by atoms with Gasteiger partial charge in [-0.05, 0) is 70.7 Å². The Morgan fingerprint density at radius 2 is 1.44 bits per heavy atom. The van der Waals surface area contributed by atoms with E-state index in [0.717, 1.165) is 27.9 Å². The summed E-state index contributed by atoms with van der Waals surface area (Å²) in [4.78, 5) is 25.4. The van der Waals surface area contributed by atoms with Gasteiger partial charge in [0.05, 0.1) is 5.69 Å². The Morgan fingerprint density at radius 3 is 1.84 bits per heavy atom. The summed E-state index contributed by atoms with van der Waals surface area (Å²) < 4.78 is 11.1. The maximum absolute atomic E-state index is 12.1. The van der Waals surface area contributed by atoms with Crippen LogP contribution in [0.3, 0.4) is 0 Å². The molecule has 0 heterocycles. The van der Waals surface area contributed by atoms with Crippen molar-refractivity contribution in [3.05, 3.63) is 22.3 Å². The second-order valence-corrected chi connectivity index (χ2v) is 7.41. The molecule has 0 atom stereocenters. The monoisotopic (exact) mass is 350 g/mol. The Labute approximate surface area is 150 Å². The molecule has 0 spiro atoms. The summed E-state index contributed by atoms with van der Waals surface area (Å²) in [6.07, 6.45) is -0.492. The molecule has 0 fully saturated rings. The van der Waals surface area contributed by atoms with Gasteiger partial charge in [-0.1, -0.05) is 0 Å². The molecule has 2 amide bonds. The highest BCUT2D eigenvalue weighted by Gasteiger charge is 2.21. The van der Waals surface area contributed by atoms with Crippen LogP contribution in [0.4, 0.5) is 10.5 Å². The molecule has 1 N–H and O–H groups in total. The van der Waals surface area contributed by atoms with Crippen LogP contribution in [-0.2, 0) is 9.53 Å². The van der Waals surface area contributed by atoms with Crippen LogP contribution in [0, 0.1) is 27.7 Å². The van der Waals surface area contributed by atoms with Gasteiger partial charge in [-0.15, -0.1) is 0 Å². The summed E-state index contributed by atoms with van der Waals surface area (Å²) in [6, 6.07) is 0. The number of hydrogen-bond acceptors (Lipinski definition) is 4. The first-order valence-electron chi connectivity index (χ1n) is 8.28. The van der Waals surface area contributed by atoms with Crippen LogP contribution in [0.25, 0.3) is 0 Å². The fourth-order valence-electron chi connectivity index (χ4n) is 2.35. The van der Waals surface area contributed by atoms with Crippen molar-refractivity contribution in [2.24, 2.45) is 0 Å². The van der Waals surface area contributed by atoms with Gasteiger partial charge in [-0.25, -0.2) is 4.79 Å². The second-order valence-electron chi connectivity index (χ2n) is 7.41. The lowest BCUT2D eigenvalue weighted by molar-refractivity contribution is -0.130. The molecule has 6 heteroatoms. The lowest BCUT2D eigenvalue weighted by Crippen LogP contribution is -2.28. The third kappa shape index (κ3) is 5.37. The Morgan fingerprint density at radius 1 is 0.960 bits per heavy atom. The minimum Gasteiger partial charge on any atom is -0.483 e. The van der Waals surface area contributed by atoms with E-state index in [-0.39, 0.29) is 12.5 Å². The molecule has 140 valence electrons. The van der Waals surface area contributed by atoms with Gasteiger partial charge in [0, 0.05) is 14.1 Å².